The van der Waals surface area contributed by atoms with Crippen LogP contribution >= 0.6 is 0 Å². The molecule has 36 heavy (non-hydrogen) atoms. The summed E-state index contributed by atoms with van der Waals surface area (Å²) in [5.74, 6) is 0.885. The van der Waals surface area contributed by atoms with E-state index in [0.29, 0.717) is 23.3 Å². The van der Waals surface area contributed by atoms with E-state index in [4.69, 9.17) is 15.5 Å². The van der Waals surface area contributed by atoms with Crippen LogP contribution in [0.4, 0.5) is 15.9 Å². The van der Waals surface area contributed by atoms with Crippen molar-refractivity contribution in [3.8, 4) is 11.1 Å². The Kier molecular flexibility index (Phi) is 5.55. The first kappa shape index (κ1) is 22.5. The number of esters is 1. The molecule has 1 aliphatic carbocycles. The van der Waals surface area contributed by atoms with E-state index in [1.165, 1.54) is 19.5 Å². The lowest BCUT2D eigenvalue weighted by molar-refractivity contribution is -0.146. The zero-order valence-corrected chi connectivity index (χ0v) is 19.9. The third-order valence-corrected chi connectivity index (χ3v) is 7.53. The molecule has 1 atom stereocenters. The number of aromatic nitrogens is 4. The van der Waals surface area contributed by atoms with Gasteiger partial charge in [-0.15, -0.1) is 0 Å². The van der Waals surface area contributed by atoms with Gasteiger partial charge in [0.2, 0.25) is 0 Å². The van der Waals surface area contributed by atoms with Crippen molar-refractivity contribution in [3.05, 3.63) is 71.7 Å². The van der Waals surface area contributed by atoms with Crippen molar-refractivity contribution in [1.82, 2.24) is 19.6 Å². The SMILES string of the molecule is COC(=O)C1CCC(c2nc(C3Cc4cccc(-c5ccccc5F)c4N3)c3c(N)ncnn23)CC1. The van der Waals surface area contributed by atoms with Crippen LogP contribution < -0.4 is 11.1 Å². The van der Waals surface area contributed by atoms with Gasteiger partial charge in [0, 0.05) is 29.2 Å². The van der Waals surface area contributed by atoms with Gasteiger partial charge in [0.05, 0.1) is 24.8 Å². The van der Waals surface area contributed by atoms with E-state index in [2.05, 4.69) is 21.5 Å². The van der Waals surface area contributed by atoms with Crippen LogP contribution in [-0.2, 0) is 16.0 Å². The molecule has 3 N–H and O–H groups in total. The van der Waals surface area contributed by atoms with E-state index >= 15 is 0 Å². The van der Waals surface area contributed by atoms with Crippen molar-refractivity contribution < 1.29 is 13.9 Å². The van der Waals surface area contributed by atoms with Crippen LogP contribution in [0, 0.1) is 11.7 Å². The fourth-order valence-corrected chi connectivity index (χ4v) is 5.72. The second kappa shape index (κ2) is 8.89. The Morgan fingerprint density at radius 3 is 2.67 bits per heavy atom. The number of rotatable bonds is 4. The third-order valence-electron chi connectivity index (χ3n) is 7.53. The predicted molar refractivity (Wildman–Crippen MR) is 134 cm³/mol. The number of methoxy groups -OCH3 is 1. The molecule has 0 spiro atoms. The Balaban J connectivity index is 1.36. The van der Waals surface area contributed by atoms with Gasteiger partial charge in [0.1, 0.15) is 23.5 Å². The van der Waals surface area contributed by atoms with Gasteiger partial charge >= 0.3 is 5.97 Å². The number of hydrogen-bond acceptors (Lipinski definition) is 7. The van der Waals surface area contributed by atoms with Gasteiger partial charge in [0.15, 0.2) is 5.82 Å². The molecule has 6 rings (SSSR count). The molecule has 1 saturated carbocycles. The molecule has 0 amide bonds. The number of nitrogens with two attached hydrogens (primary N) is 1. The van der Waals surface area contributed by atoms with Crippen molar-refractivity contribution in [1.29, 1.82) is 0 Å². The zero-order chi connectivity index (χ0) is 24.8. The quantitative estimate of drug-likeness (QED) is 0.404. The van der Waals surface area contributed by atoms with E-state index in [0.717, 1.165) is 54.0 Å². The van der Waals surface area contributed by atoms with E-state index in [-0.39, 0.29) is 29.7 Å². The van der Waals surface area contributed by atoms with Crippen LogP contribution in [0.25, 0.3) is 16.6 Å². The summed E-state index contributed by atoms with van der Waals surface area (Å²) in [6.45, 7) is 0. The number of hydrogen-bond donors (Lipinski definition) is 2. The van der Waals surface area contributed by atoms with Gasteiger partial charge in [-0.2, -0.15) is 5.10 Å². The van der Waals surface area contributed by atoms with Crippen molar-refractivity contribution >= 4 is 23.0 Å². The van der Waals surface area contributed by atoms with Gasteiger partial charge in [0.25, 0.3) is 0 Å². The number of imidazole rings is 1. The number of nitrogen functional groups attached to an aromatic ring is 1. The summed E-state index contributed by atoms with van der Waals surface area (Å²) >= 11 is 0. The lowest BCUT2D eigenvalue weighted by atomic mass is 9.81. The molecule has 9 heteroatoms. The summed E-state index contributed by atoms with van der Waals surface area (Å²) in [5, 5.41) is 8.09. The first-order chi connectivity index (χ1) is 17.5. The maximum atomic E-state index is 14.6. The molecular formula is C27H27FN6O2. The highest BCUT2D eigenvalue weighted by atomic mass is 19.1. The monoisotopic (exact) mass is 486 g/mol. The Morgan fingerprint density at radius 2 is 1.89 bits per heavy atom. The second-order valence-corrected chi connectivity index (χ2v) is 9.55. The summed E-state index contributed by atoms with van der Waals surface area (Å²) in [4.78, 5) is 21.3. The average molecular weight is 487 g/mol. The number of carbonyl (C=O) groups is 1. The smallest absolute Gasteiger partial charge is 0.308 e. The first-order valence-corrected chi connectivity index (χ1v) is 12.2. The highest BCUT2D eigenvalue weighted by molar-refractivity contribution is 5.83. The first-order valence-electron chi connectivity index (χ1n) is 12.2. The molecule has 1 aliphatic heterocycles. The van der Waals surface area contributed by atoms with Gasteiger partial charge < -0.3 is 15.8 Å². The summed E-state index contributed by atoms with van der Waals surface area (Å²) in [6, 6.07) is 12.6. The van der Waals surface area contributed by atoms with Crippen molar-refractivity contribution in [2.45, 2.75) is 44.1 Å². The molecular weight excluding hydrogens is 459 g/mol. The normalized spacial score (nSPS) is 21.2. The van der Waals surface area contributed by atoms with E-state index < -0.39 is 0 Å². The third kappa shape index (κ3) is 3.66. The Bertz CT molecular complexity index is 1460. The number of ether oxygens (including phenoxy) is 1. The molecule has 1 unspecified atom stereocenters. The Labute approximate surface area is 207 Å². The maximum absolute atomic E-state index is 14.6. The van der Waals surface area contributed by atoms with Crippen LogP contribution in [0.15, 0.2) is 48.8 Å². The lowest BCUT2D eigenvalue weighted by Gasteiger charge is -2.25. The summed E-state index contributed by atoms with van der Waals surface area (Å²) < 4.78 is 21.4. The molecule has 2 aromatic carbocycles. The highest BCUT2D eigenvalue weighted by Crippen LogP contribution is 2.44. The van der Waals surface area contributed by atoms with Crippen LogP contribution in [0.1, 0.15) is 54.7 Å². The maximum Gasteiger partial charge on any atom is 0.308 e. The molecule has 0 saturated heterocycles. The van der Waals surface area contributed by atoms with Crippen LogP contribution in [-0.4, -0.2) is 32.7 Å². The zero-order valence-electron chi connectivity index (χ0n) is 19.9. The average Bonchev–Trinajstić information content (AvgIpc) is 3.51. The Morgan fingerprint density at radius 1 is 1.11 bits per heavy atom. The number of fused-ring (bicyclic) bond motifs is 2. The van der Waals surface area contributed by atoms with E-state index in [1.807, 2.05) is 22.7 Å². The molecule has 8 nitrogen and oxygen atoms in total. The molecule has 2 aliphatic rings. The van der Waals surface area contributed by atoms with Crippen molar-refractivity contribution in [3.63, 3.8) is 0 Å². The summed E-state index contributed by atoms with van der Waals surface area (Å²) in [5.41, 5.74) is 11.2. The lowest BCUT2D eigenvalue weighted by Crippen LogP contribution is -2.23. The van der Waals surface area contributed by atoms with Gasteiger partial charge in [-0.25, -0.2) is 18.9 Å². The number of halogens is 1. The topological polar surface area (TPSA) is 107 Å². The van der Waals surface area contributed by atoms with E-state index in [9.17, 15) is 9.18 Å². The largest absolute Gasteiger partial charge is 0.469 e. The van der Waals surface area contributed by atoms with E-state index in [1.54, 1.807) is 12.1 Å². The van der Waals surface area contributed by atoms with Gasteiger partial charge in [-0.1, -0.05) is 36.4 Å². The standard InChI is InChI=1S/C27H27FN6O2/c1-36-27(35)16-11-9-15(10-12-16)26-33-23(24-25(29)30-14-31-34(24)26)21-13-17-5-4-7-19(22(17)32-21)18-6-2-3-8-20(18)28/h2-8,14-16,21,32H,9-13H2,1H3,(H2,29,30,31). The Hall–Kier alpha value is -4.01. The number of nitrogens with zero attached hydrogens (tertiary/aromatic N) is 4. The van der Waals surface area contributed by atoms with Crippen LogP contribution in [0.3, 0.4) is 0 Å². The van der Waals surface area contributed by atoms with Crippen LogP contribution in [0.2, 0.25) is 0 Å². The van der Waals surface area contributed by atoms with Crippen LogP contribution in [0.5, 0.6) is 0 Å². The molecule has 184 valence electrons. The highest BCUT2D eigenvalue weighted by Gasteiger charge is 2.34. The van der Waals surface area contributed by atoms with Gasteiger partial charge in [-0.3, -0.25) is 4.79 Å². The molecule has 1 fully saturated rings. The molecule has 0 radical (unpaired) electrons. The minimum Gasteiger partial charge on any atom is -0.469 e. The number of para-hydroxylation sites is 1. The van der Waals surface area contributed by atoms with Gasteiger partial charge in [-0.05, 0) is 37.3 Å². The molecule has 2 aromatic heterocycles. The number of carbonyl (C=O) groups excluding carboxylic acids is 1. The second-order valence-electron chi connectivity index (χ2n) is 9.55. The molecule has 0 bridgehead atoms. The predicted octanol–water partition coefficient (Wildman–Crippen LogP) is 4.67. The summed E-state index contributed by atoms with van der Waals surface area (Å²) in [7, 11) is 1.44. The number of anilines is 2. The van der Waals surface area contributed by atoms with Crippen molar-refractivity contribution in [2.75, 3.05) is 18.2 Å². The minimum absolute atomic E-state index is 0.0700. The minimum atomic E-state index is -0.258. The van der Waals surface area contributed by atoms with Crippen molar-refractivity contribution in [2.24, 2.45) is 5.92 Å². The molecule has 4 aromatic rings. The fraction of sp³-hybridized carbons (Fsp3) is 0.333. The summed E-state index contributed by atoms with van der Waals surface area (Å²) in [6.07, 6.45) is 5.27. The number of nitrogens with one attached hydrogen (secondary N) is 1. The molecule has 3 heterocycles. The number of benzene rings is 2. The fourth-order valence-electron chi connectivity index (χ4n) is 5.72.